The first-order valence-electron chi connectivity index (χ1n) is 12.6. The van der Waals surface area contributed by atoms with Crippen molar-refractivity contribution in [3.05, 3.63) is 84.4 Å². The minimum absolute atomic E-state index is 0.0370. The van der Waals surface area contributed by atoms with Gasteiger partial charge in [0.15, 0.2) is 0 Å². The number of carbonyl (C=O) groups excluding carboxylic acids is 2. The van der Waals surface area contributed by atoms with Crippen LogP contribution in [0.5, 0.6) is 0 Å². The quantitative estimate of drug-likeness (QED) is 0.352. The van der Waals surface area contributed by atoms with Crippen LogP contribution in [0, 0.1) is 17.8 Å². The van der Waals surface area contributed by atoms with Gasteiger partial charge in [-0.05, 0) is 67.7 Å². The van der Waals surface area contributed by atoms with Crippen LogP contribution in [0.2, 0.25) is 0 Å². The van der Waals surface area contributed by atoms with Crippen LogP contribution in [-0.2, 0) is 4.79 Å². The summed E-state index contributed by atoms with van der Waals surface area (Å²) in [6, 6.07) is 25.6. The zero-order valence-electron chi connectivity index (χ0n) is 20.1. The smallest absolute Gasteiger partial charge is 0.256 e. The summed E-state index contributed by atoms with van der Waals surface area (Å²) in [6.07, 6.45) is 5.29. The molecule has 3 aromatic carbocycles. The summed E-state index contributed by atoms with van der Waals surface area (Å²) in [7, 11) is 0. The molecule has 0 saturated heterocycles. The van der Waals surface area contributed by atoms with E-state index in [-0.39, 0.29) is 17.9 Å². The highest BCUT2D eigenvalue weighted by Gasteiger charge is 2.42. The van der Waals surface area contributed by atoms with Gasteiger partial charge in [-0.2, -0.15) is 0 Å². The van der Waals surface area contributed by atoms with E-state index in [0.717, 1.165) is 33.5 Å². The lowest BCUT2D eigenvalue weighted by molar-refractivity contribution is -0.119. The van der Waals surface area contributed by atoms with E-state index in [1.54, 1.807) is 0 Å². The van der Waals surface area contributed by atoms with E-state index in [1.165, 1.54) is 37.4 Å². The van der Waals surface area contributed by atoms with Crippen LogP contribution in [0.25, 0.3) is 11.1 Å². The number of nitrogens with one attached hydrogen (secondary N) is 2. The lowest BCUT2D eigenvalue weighted by Crippen LogP contribution is -2.40. The van der Waals surface area contributed by atoms with E-state index >= 15 is 0 Å². The summed E-state index contributed by atoms with van der Waals surface area (Å²) in [6.45, 7) is 2.15. The van der Waals surface area contributed by atoms with Crippen molar-refractivity contribution < 1.29 is 9.59 Å². The van der Waals surface area contributed by atoms with Gasteiger partial charge in [0.25, 0.3) is 5.91 Å². The molecule has 2 bridgehead atoms. The molecule has 0 unspecified atom stereocenters. The molecule has 2 aliphatic carbocycles. The minimum Gasteiger partial charge on any atom is -0.353 e. The maximum atomic E-state index is 13.3. The molecular formula is C30H32N2O2S. The molecule has 180 valence electrons. The van der Waals surface area contributed by atoms with Crippen LogP contribution >= 0.6 is 11.8 Å². The molecule has 0 spiro atoms. The lowest BCUT2D eigenvalue weighted by Gasteiger charge is -2.28. The van der Waals surface area contributed by atoms with Crippen molar-refractivity contribution in [3.63, 3.8) is 0 Å². The Morgan fingerprint density at radius 1 is 0.914 bits per heavy atom. The van der Waals surface area contributed by atoms with E-state index < -0.39 is 0 Å². The van der Waals surface area contributed by atoms with Crippen LogP contribution < -0.4 is 10.6 Å². The number of benzene rings is 3. The van der Waals surface area contributed by atoms with E-state index in [9.17, 15) is 9.59 Å². The number of para-hydroxylation sites is 1. The molecule has 0 radical (unpaired) electrons. The van der Waals surface area contributed by atoms with Crippen molar-refractivity contribution in [1.29, 1.82) is 0 Å². The zero-order valence-corrected chi connectivity index (χ0v) is 20.9. The predicted molar refractivity (Wildman–Crippen MR) is 144 cm³/mol. The molecule has 5 rings (SSSR count). The first-order chi connectivity index (χ1) is 17.1. The Morgan fingerprint density at radius 3 is 2.43 bits per heavy atom. The molecule has 2 saturated carbocycles. The van der Waals surface area contributed by atoms with Crippen LogP contribution in [0.1, 0.15) is 43.0 Å². The average molecular weight is 485 g/mol. The van der Waals surface area contributed by atoms with Gasteiger partial charge < -0.3 is 10.6 Å². The first-order valence-corrected chi connectivity index (χ1v) is 13.5. The highest BCUT2D eigenvalue weighted by Crippen LogP contribution is 2.49. The fourth-order valence-corrected chi connectivity index (χ4v) is 6.74. The molecule has 2 amide bonds. The Hall–Kier alpha value is -3.05. The molecule has 35 heavy (non-hydrogen) atoms. The van der Waals surface area contributed by atoms with E-state index in [0.29, 0.717) is 17.2 Å². The van der Waals surface area contributed by atoms with E-state index in [1.807, 2.05) is 78.9 Å². The number of hydrogen-bond donors (Lipinski definition) is 2. The second-order valence-corrected chi connectivity index (χ2v) is 10.9. The highest BCUT2D eigenvalue weighted by atomic mass is 32.2. The van der Waals surface area contributed by atoms with Crippen molar-refractivity contribution in [1.82, 2.24) is 5.32 Å². The maximum Gasteiger partial charge on any atom is 0.256 e. The predicted octanol–water partition coefficient (Wildman–Crippen LogP) is 6.64. The third-order valence-corrected chi connectivity index (χ3v) is 8.65. The summed E-state index contributed by atoms with van der Waals surface area (Å²) >= 11 is 1.42. The number of carbonyl (C=O) groups is 2. The summed E-state index contributed by atoms with van der Waals surface area (Å²) < 4.78 is 0. The first kappa shape index (κ1) is 23.7. The zero-order chi connectivity index (χ0) is 24.2. The molecule has 0 aromatic heterocycles. The number of hydrogen-bond acceptors (Lipinski definition) is 3. The molecule has 2 fully saturated rings. The molecule has 4 atom stereocenters. The Labute approximate surface area is 211 Å². The third-order valence-electron chi connectivity index (χ3n) is 7.57. The minimum atomic E-state index is -0.174. The molecule has 0 aliphatic heterocycles. The fourth-order valence-electron chi connectivity index (χ4n) is 5.88. The van der Waals surface area contributed by atoms with Crippen molar-refractivity contribution in [2.24, 2.45) is 17.8 Å². The molecule has 2 aliphatic rings. The van der Waals surface area contributed by atoms with Crippen LogP contribution in [0.4, 0.5) is 5.69 Å². The largest absolute Gasteiger partial charge is 0.353 e. The Kier molecular flexibility index (Phi) is 7.24. The number of rotatable bonds is 8. The Morgan fingerprint density at radius 2 is 1.66 bits per heavy atom. The topological polar surface area (TPSA) is 58.2 Å². The standard InChI is InChI=1S/C30H32N2O2S/c1-20(26-18-21-15-16-23(26)17-21)31-29(33)19-35-28-14-8-6-12-25(28)30(34)32-27-13-7-5-11-24(27)22-9-3-2-4-10-22/h2-14,20-21,23,26H,15-19H2,1H3,(H,31,33)(H,32,34)/t20-,21-,23-,26+/m0/s1. The van der Waals surface area contributed by atoms with Gasteiger partial charge in [-0.25, -0.2) is 0 Å². The van der Waals surface area contributed by atoms with E-state index in [4.69, 9.17) is 0 Å². The second kappa shape index (κ2) is 10.7. The molecule has 4 nitrogen and oxygen atoms in total. The number of amides is 2. The fraction of sp³-hybridized carbons (Fsp3) is 0.333. The van der Waals surface area contributed by atoms with Crippen molar-refractivity contribution in [3.8, 4) is 11.1 Å². The molecule has 3 aromatic rings. The SMILES string of the molecule is C[C@H](NC(=O)CSc1ccccc1C(=O)Nc1ccccc1-c1ccccc1)[C@H]1C[C@H]2CC[C@H]1C2. The maximum absolute atomic E-state index is 13.3. The van der Waals surface area contributed by atoms with Gasteiger partial charge in [0.1, 0.15) is 0 Å². The average Bonchev–Trinajstić information content (AvgIpc) is 3.53. The van der Waals surface area contributed by atoms with Gasteiger partial charge in [-0.1, -0.05) is 67.1 Å². The van der Waals surface area contributed by atoms with Crippen LogP contribution in [0.3, 0.4) is 0 Å². The van der Waals surface area contributed by atoms with Gasteiger partial charge in [-0.3, -0.25) is 9.59 Å². The van der Waals surface area contributed by atoms with E-state index in [2.05, 4.69) is 17.6 Å². The van der Waals surface area contributed by atoms with Crippen LogP contribution in [0.15, 0.2) is 83.8 Å². The second-order valence-electron chi connectivity index (χ2n) is 9.85. The van der Waals surface area contributed by atoms with Gasteiger partial charge >= 0.3 is 0 Å². The number of anilines is 1. The van der Waals surface area contributed by atoms with Gasteiger partial charge in [0.05, 0.1) is 11.3 Å². The number of thioether (sulfide) groups is 1. The Balaban J connectivity index is 1.23. The molecule has 5 heteroatoms. The Bertz CT molecular complexity index is 1200. The summed E-state index contributed by atoms with van der Waals surface area (Å²) in [5.41, 5.74) is 3.36. The van der Waals surface area contributed by atoms with Crippen molar-refractivity contribution in [2.75, 3.05) is 11.1 Å². The third kappa shape index (κ3) is 5.46. The lowest BCUT2D eigenvalue weighted by atomic mass is 9.84. The van der Waals surface area contributed by atoms with Gasteiger partial charge in [-0.15, -0.1) is 11.8 Å². The highest BCUT2D eigenvalue weighted by molar-refractivity contribution is 8.00. The van der Waals surface area contributed by atoms with Gasteiger partial charge in [0.2, 0.25) is 5.91 Å². The van der Waals surface area contributed by atoms with Crippen LogP contribution in [-0.4, -0.2) is 23.6 Å². The number of fused-ring (bicyclic) bond motifs is 2. The monoisotopic (exact) mass is 484 g/mol. The summed E-state index contributed by atoms with van der Waals surface area (Å²) in [5, 5.41) is 6.32. The molecular weight excluding hydrogens is 452 g/mol. The summed E-state index contributed by atoms with van der Waals surface area (Å²) in [4.78, 5) is 26.8. The van der Waals surface area contributed by atoms with Crippen molar-refractivity contribution in [2.45, 2.75) is 43.5 Å². The van der Waals surface area contributed by atoms with Gasteiger partial charge in [0, 0.05) is 22.2 Å². The summed E-state index contributed by atoms with van der Waals surface area (Å²) in [5.74, 6) is 2.44. The normalized spacial score (nSPS) is 21.5. The molecule has 0 heterocycles. The molecule has 2 N–H and O–H groups in total. The van der Waals surface area contributed by atoms with Crippen molar-refractivity contribution >= 4 is 29.3 Å².